The van der Waals surface area contributed by atoms with Gasteiger partial charge in [0, 0.05) is 24.3 Å². The van der Waals surface area contributed by atoms with E-state index in [2.05, 4.69) is 42.7 Å². The number of rotatable bonds is 5. The van der Waals surface area contributed by atoms with E-state index in [0.717, 1.165) is 30.8 Å². The summed E-state index contributed by atoms with van der Waals surface area (Å²) in [6.45, 7) is 5.05. The van der Waals surface area contributed by atoms with Crippen LogP contribution in [0.5, 0.6) is 0 Å². The molecule has 1 unspecified atom stereocenters. The van der Waals surface area contributed by atoms with Crippen LogP contribution in [0, 0.1) is 6.92 Å². The molecule has 1 saturated heterocycles. The number of carbonyl (C=O) groups is 1. The van der Waals surface area contributed by atoms with Gasteiger partial charge in [0.2, 0.25) is 5.91 Å². The molecule has 136 valence electrons. The average molecular weight is 368 g/mol. The van der Waals surface area contributed by atoms with E-state index in [1.54, 1.807) is 0 Å². The Bertz CT molecular complexity index is 805. The zero-order chi connectivity index (χ0) is 18.5. The molecular weight excluding hydrogens is 342 g/mol. The molecule has 0 saturated carbocycles. The fourth-order valence-corrected chi connectivity index (χ4v) is 3.64. The Labute approximate surface area is 160 Å². The van der Waals surface area contributed by atoms with Gasteiger partial charge in [-0.25, -0.2) is 0 Å². The Kier molecular flexibility index (Phi) is 5.89. The second-order valence-corrected chi connectivity index (χ2v) is 7.02. The number of hydrogen-bond donors (Lipinski definition) is 2. The SMILES string of the molecule is CCC(NC(=S)Nc1cccc(N2CCCC2=O)c1)c1ccccc1C. The van der Waals surface area contributed by atoms with Crippen LogP contribution in [-0.4, -0.2) is 17.6 Å². The zero-order valence-electron chi connectivity index (χ0n) is 15.3. The highest BCUT2D eigenvalue weighted by atomic mass is 32.1. The van der Waals surface area contributed by atoms with Crippen LogP contribution in [-0.2, 0) is 4.79 Å². The first-order valence-electron chi connectivity index (χ1n) is 9.12. The number of thiocarbonyl (C=S) groups is 1. The largest absolute Gasteiger partial charge is 0.356 e. The summed E-state index contributed by atoms with van der Waals surface area (Å²) in [5.41, 5.74) is 4.32. The van der Waals surface area contributed by atoms with Crippen LogP contribution in [0.3, 0.4) is 0 Å². The van der Waals surface area contributed by atoms with E-state index in [9.17, 15) is 4.79 Å². The zero-order valence-corrected chi connectivity index (χ0v) is 16.1. The van der Waals surface area contributed by atoms with Crippen molar-refractivity contribution >= 4 is 34.6 Å². The van der Waals surface area contributed by atoms with Crippen molar-refractivity contribution in [2.75, 3.05) is 16.8 Å². The first kappa shape index (κ1) is 18.4. The Balaban J connectivity index is 1.68. The molecule has 0 aromatic heterocycles. The Morgan fingerprint density at radius 3 is 2.73 bits per heavy atom. The number of nitrogens with zero attached hydrogens (tertiary/aromatic N) is 1. The van der Waals surface area contributed by atoms with Crippen LogP contribution >= 0.6 is 12.2 Å². The van der Waals surface area contributed by atoms with Crippen molar-refractivity contribution in [2.24, 2.45) is 0 Å². The van der Waals surface area contributed by atoms with Crippen LogP contribution in [0.1, 0.15) is 43.4 Å². The molecule has 1 atom stereocenters. The fraction of sp³-hybridized carbons (Fsp3) is 0.333. The average Bonchev–Trinajstić information content (AvgIpc) is 3.06. The van der Waals surface area contributed by atoms with Crippen LogP contribution in [0.2, 0.25) is 0 Å². The monoisotopic (exact) mass is 367 g/mol. The number of carbonyl (C=O) groups excluding carboxylic acids is 1. The summed E-state index contributed by atoms with van der Waals surface area (Å²) < 4.78 is 0. The number of anilines is 2. The summed E-state index contributed by atoms with van der Waals surface area (Å²) in [4.78, 5) is 13.8. The predicted octanol–water partition coefficient (Wildman–Crippen LogP) is 4.56. The van der Waals surface area contributed by atoms with Gasteiger partial charge in [0.1, 0.15) is 0 Å². The van der Waals surface area contributed by atoms with Crippen LogP contribution in [0.25, 0.3) is 0 Å². The normalized spacial score (nSPS) is 15.0. The summed E-state index contributed by atoms with van der Waals surface area (Å²) in [5, 5.41) is 7.25. The van der Waals surface area contributed by atoms with E-state index >= 15 is 0 Å². The number of benzene rings is 2. The van der Waals surface area contributed by atoms with Crippen LogP contribution in [0.15, 0.2) is 48.5 Å². The molecule has 1 amide bonds. The third-order valence-electron chi connectivity index (χ3n) is 4.77. The van der Waals surface area contributed by atoms with Gasteiger partial charge in [-0.3, -0.25) is 4.79 Å². The molecule has 2 aromatic carbocycles. The third-order valence-corrected chi connectivity index (χ3v) is 4.99. The van der Waals surface area contributed by atoms with Gasteiger partial charge in [0.05, 0.1) is 6.04 Å². The maximum absolute atomic E-state index is 11.9. The molecule has 0 bridgehead atoms. The summed E-state index contributed by atoms with van der Waals surface area (Å²) >= 11 is 5.52. The minimum Gasteiger partial charge on any atom is -0.356 e. The number of aryl methyl sites for hydroxylation is 1. The minimum absolute atomic E-state index is 0.166. The highest BCUT2D eigenvalue weighted by molar-refractivity contribution is 7.80. The van der Waals surface area contributed by atoms with Crippen molar-refractivity contribution in [3.63, 3.8) is 0 Å². The maximum Gasteiger partial charge on any atom is 0.227 e. The lowest BCUT2D eigenvalue weighted by Gasteiger charge is -2.22. The van der Waals surface area contributed by atoms with E-state index in [-0.39, 0.29) is 11.9 Å². The lowest BCUT2D eigenvalue weighted by atomic mass is 10.00. The van der Waals surface area contributed by atoms with Gasteiger partial charge < -0.3 is 15.5 Å². The Morgan fingerprint density at radius 1 is 1.23 bits per heavy atom. The Morgan fingerprint density at radius 2 is 2.04 bits per heavy atom. The van der Waals surface area contributed by atoms with Gasteiger partial charge in [-0.2, -0.15) is 0 Å². The smallest absolute Gasteiger partial charge is 0.227 e. The highest BCUT2D eigenvalue weighted by Crippen LogP contribution is 2.25. The molecule has 2 aromatic rings. The van der Waals surface area contributed by atoms with E-state index in [1.165, 1.54) is 11.1 Å². The minimum atomic E-state index is 0.166. The molecule has 3 rings (SSSR count). The second kappa shape index (κ2) is 8.32. The van der Waals surface area contributed by atoms with Gasteiger partial charge >= 0.3 is 0 Å². The molecule has 4 nitrogen and oxygen atoms in total. The molecule has 5 heteroatoms. The molecule has 1 aliphatic rings. The third kappa shape index (κ3) is 4.22. The number of nitrogens with one attached hydrogen (secondary N) is 2. The Hall–Kier alpha value is -2.40. The van der Waals surface area contributed by atoms with Gasteiger partial charge in [-0.15, -0.1) is 0 Å². The van der Waals surface area contributed by atoms with E-state index in [1.807, 2.05) is 35.2 Å². The van der Waals surface area contributed by atoms with Crippen molar-refractivity contribution in [1.82, 2.24) is 5.32 Å². The van der Waals surface area contributed by atoms with Crippen LogP contribution in [0.4, 0.5) is 11.4 Å². The molecular formula is C21H25N3OS. The van der Waals surface area contributed by atoms with Crippen LogP contribution < -0.4 is 15.5 Å². The molecule has 1 fully saturated rings. The molecule has 26 heavy (non-hydrogen) atoms. The summed E-state index contributed by atoms with van der Waals surface area (Å²) in [7, 11) is 0. The summed E-state index contributed by atoms with van der Waals surface area (Å²) in [6, 6.07) is 16.4. The van der Waals surface area contributed by atoms with E-state index in [4.69, 9.17) is 12.2 Å². The molecule has 0 aliphatic carbocycles. The lowest BCUT2D eigenvalue weighted by molar-refractivity contribution is -0.117. The van der Waals surface area contributed by atoms with Crippen molar-refractivity contribution < 1.29 is 4.79 Å². The maximum atomic E-state index is 11.9. The molecule has 0 radical (unpaired) electrons. The van der Waals surface area contributed by atoms with Gasteiger partial charge in [0.15, 0.2) is 5.11 Å². The number of hydrogen-bond acceptors (Lipinski definition) is 2. The topological polar surface area (TPSA) is 44.4 Å². The summed E-state index contributed by atoms with van der Waals surface area (Å²) in [5.74, 6) is 0.188. The fourth-order valence-electron chi connectivity index (χ4n) is 3.38. The quantitative estimate of drug-likeness (QED) is 0.761. The van der Waals surface area contributed by atoms with Crippen molar-refractivity contribution in [1.29, 1.82) is 0 Å². The van der Waals surface area contributed by atoms with Gasteiger partial charge in [-0.05, 0) is 61.3 Å². The standard InChI is InChI=1S/C21H25N3OS/c1-3-19(18-11-5-4-8-15(18)2)23-21(26)22-16-9-6-10-17(14-16)24-13-7-12-20(24)25/h4-6,8-11,14,19H,3,7,12-13H2,1-2H3,(H2,22,23,26). The predicted molar refractivity (Wildman–Crippen MR) is 112 cm³/mol. The molecule has 2 N–H and O–H groups in total. The first-order valence-corrected chi connectivity index (χ1v) is 9.52. The van der Waals surface area contributed by atoms with Gasteiger partial charge in [0.25, 0.3) is 0 Å². The first-order chi connectivity index (χ1) is 12.6. The van der Waals surface area contributed by atoms with Crippen molar-refractivity contribution in [3.8, 4) is 0 Å². The molecule has 1 aliphatic heterocycles. The summed E-state index contributed by atoms with van der Waals surface area (Å²) in [6.07, 6.45) is 2.49. The second-order valence-electron chi connectivity index (χ2n) is 6.62. The molecule has 1 heterocycles. The van der Waals surface area contributed by atoms with Crippen molar-refractivity contribution in [3.05, 3.63) is 59.7 Å². The lowest BCUT2D eigenvalue weighted by Crippen LogP contribution is -2.32. The molecule has 0 spiro atoms. The van der Waals surface area contributed by atoms with E-state index in [0.29, 0.717) is 11.5 Å². The number of amides is 1. The van der Waals surface area contributed by atoms with Crippen molar-refractivity contribution in [2.45, 2.75) is 39.2 Å². The highest BCUT2D eigenvalue weighted by Gasteiger charge is 2.21. The van der Waals surface area contributed by atoms with E-state index < -0.39 is 0 Å². The van der Waals surface area contributed by atoms with Gasteiger partial charge in [-0.1, -0.05) is 37.3 Å².